The zero-order chi connectivity index (χ0) is 13.0. The summed E-state index contributed by atoms with van der Waals surface area (Å²) in [6.07, 6.45) is 1.33. The van der Waals surface area contributed by atoms with E-state index in [-0.39, 0.29) is 0 Å². The fraction of sp³-hybridized carbons (Fsp3) is 0.571. The molecule has 0 spiro atoms. The quantitative estimate of drug-likeness (QED) is 0.755. The highest BCUT2D eigenvalue weighted by Crippen LogP contribution is 2.22. The second-order valence-electron chi connectivity index (χ2n) is 5.02. The maximum Gasteiger partial charge on any atom is 0.122 e. The van der Waals surface area contributed by atoms with E-state index in [1.54, 1.807) is 0 Å². The molecule has 1 aromatic carbocycles. The van der Waals surface area contributed by atoms with Crippen LogP contribution in [0.4, 0.5) is 0 Å². The molecule has 1 aromatic rings. The molecule has 0 radical (unpaired) electrons. The van der Waals surface area contributed by atoms with E-state index in [0.29, 0.717) is 44.9 Å². The number of para-hydroxylation sites is 1. The molecule has 2 rings (SSSR count). The van der Waals surface area contributed by atoms with Crippen LogP contribution in [0.5, 0.6) is 5.75 Å². The first-order valence-corrected chi connectivity index (χ1v) is 6.39. The minimum absolute atomic E-state index is 0.337. The van der Waals surface area contributed by atoms with Crippen LogP contribution in [0.15, 0.2) is 18.2 Å². The average molecular weight is 251 g/mol. The normalized spacial score (nSPS) is 18.8. The number of hydrogen-bond donors (Lipinski definition) is 3. The summed E-state index contributed by atoms with van der Waals surface area (Å²) in [6, 6.07) is 5.70. The molecule has 0 unspecified atom stereocenters. The molecule has 0 atom stereocenters. The molecule has 1 fully saturated rings. The van der Waals surface area contributed by atoms with Gasteiger partial charge < -0.3 is 20.3 Å². The number of nitrogens with one attached hydrogen (secondary N) is 1. The van der Waals surface area contributed by atoms with Crippen LogP contribution in [0.1, 0.15) is 24.0 Å². The predicted molar refractivity (Wildman–Crippen MR) is 69.6 cm³/mol. The van der Waals surface area contributed by atoms with Crippen LogP contribution >= 0.6 is 0 Å². The Bertz CT molecular complexity index is 400. The van der Waals surface area contributed by atoms with Crippen molar-refractivity contribution in [3.8, 4) is 5.75 Å². The lowest BCUT2D eigenvalue weighted by molar-refractivity contribution is -0.0617. The zero-order valence-electron chi connectivity index (χ0n) is 10.8. The molecule has 100 valence electrons. The van der Waals surface area contributed by atoms with Crippen molar-refractivity contribution >= 4 is 0 Å². The van der Waals surface area contributed by atoms with Gasteiger partial charge in [-0.25, -0.2) is 0 Å². The lowest BCUT2D eigenvalue weighted by Gasteiger charge is -2.32. The van der Waals surface area contributed by atoms with Crippen LogP contribution in [-0.4, -0.2) is 35.6 Å². The topological polar surface area (TPSA) is 61.7 Å². The van der Waals surface area contributed by atoms with Crippen molar-refractivity contribution in [2.24, 2.45) is 0 Å². The second-order valence-corrected chi connectivity index (χ2v) is 5.02. The SMILES string of the molecule is Cc1cccc(CNCC2(O)CCOCC2)c1O. The molecule has 3 N–H and O–H groups in total. The molecule has 1 heterocycles. The molecule has 4 nitrogen and oxygen atoms in total. The first kappa shape index (κ1) is 13.3. The van der Waals surface area contributed by atoms with Gasteiger partial charge in [0, 0.05) is 44.7 Å². The Morgan fingerprint density at radius 3 is 2.78 bits per heavy atom. The van der Waals surface area contributed by atoms with Gasteiger partial charge in [-0.1, -0.05) is 18.2 Å². The minimum atomic E-state index is -0.669. The summed E-state index contributed by atoms with van der Waals surface area (Å²) in [5.74, 6) is 0.337. The van der Waals surface area contributed by atoms with E-state index in [2.05, 4.69) is 5.32 Å². The van der Waals surface area contributed by atoms with Gasteiger partial charge in [0.2, 0.25) is 0 Å². The summed E-state index contributed by atoms with van der Waals surface area (Å²) in [6.45, 7) is 4.22. The Kier molecular flexibility index (Phi) is 4.22. The van der Waals surface area contributed by atoms with Crippen molar-refractivity contribution < 1.29 is 14.9 Å². The molecule has 4 heteroatoms. The Balaban J connectivity index is 1.86. The van der Waals surface area contributed by atoms with Gasteiger partial charge in [-0.3, -0.25) is 0 Å². The lowest BCUT2D eigenvalue weighted by atomic mass is 9.94. The zero-order valence-corrected chi connectivity index (χ0v) is 10.8. The number of hydrogen-bond acceptors (Lipinski definition) is 4. The number of benzene rings is 1. The Hall–Kier alpha value is -1.10. The van der Waals surface area contributed by atoms with Gasteiger partial charge in [0.15, 0.2) is 0 Å². The maximum atomic E-state index is 10.3. The van der Waals surface area contributed by atoms with E-state index in [9.17, 15) is 10.2 Å². The number of phenols is 1. The molecule has 0 saturated carbocycles. The highest BCUT2D eigenvalue weighted by atomic mass is 16.5. The predicted octanol–water partition coefficient (Wildman–Crippen LogP) is 1.33. The summed E-state index contributed by atoms with van der Waals surface area (Å²) >= 11 is 0. The molecule has 1 saturated heterocycles. The Labute approximate surface area is 108 Å². The third kappa shape index (κ3) is 3.22. The second kappa shape index (κ2) is 5.69. The van der Waals surface area contributed by atoms with E-state index in [1.165, 1.54) is 0 Å². The third-order valence-corrected chi connectivity index (χ3v) is 3.51. The van der Waals surface area contributed by atoms with Gasteiger partial charge in [0.25, 0.3) is 0 Å². The maximum absolute atomic E-state index is 10.3. The van der Waals surface area contributed by atoms with Crippen LogP contribution in [0.3, 0.4) is 0 Å². The van der Waals surface area contributed by atoms with Crippen molar-refractivity contribution in [1.82, 2.24) is 5.32 Å². The Morgan fingerprint density at radius 1 is 1.33 bits per heavy atom. The van der Waals surface area contributed by atoms with Crippen molar-refractivity contribution in [2.75, 3.05) is 19.8 Å². The molecule has 0 amide bonds. The van der Waals surface area contributed by atoms with E-state index in [0.717, 1.165) is 11.1 Å². The smallest absolute Gasteiger partial charge is 0.122 e. The Morgan fingerprint density at radius 2 is 2.06 bits per heavy atom. The standard InChI is InChI=1S/C14H21NO3/c1-11-3-2-4-12(13(11)16)9-15-10-14(17)5-7-18-8-6-14/h2-4,15-17H,5-10H2,1H3. The van der Waals surface area contributed by atoms with Crippen molar-refractivity contribution in [1.29, 1.82) is 0 Å². The number of ether oxygens (including phenoxy) is 1. The summed E-state index contributed by atoms with van der Waals surface area (Å²) in [5.41, 5.74) is 1.07. The molecule has 18 heavy (non-hydrogen) atoms. The fourth-order valence-corrected chi connectivity index (χ4v) is 2.22. The van der Waals surface area contributed by atoms with Gasteiger partial charge in [0.05, 0.1) is 5.60 Å². The molecule has 0 bridgehead atoms. The molecule has 0 aromatic heterocycles. The molecule has 0 aliphatic carbocycles. The van der Waals surface area contributed by atoms with E-state index >= 15 is 0 Å². The van der Waals surface area contributed by atoms with Gasteiger partial charge in [-0.15, -0.1) is 0 Å². The first-order chi connectivity index (χ1) is 8.61. The highest BCUT2D eigenvalue weighted by Gasteiger charge is 2.29. The summed E-state index contributed by atoms with van der Waals surface area (Å²) < 4.78 is 5.24. The van der Waals surface area contributed by atoms with Crippen LogP contribution < -0.4 is 5.32 Å². The van der Waals surface area contributed by atoms with E-state index < -0.39 is 5.60 Å². The molecular weight excluding hydrogens is 230 g/mol. The number of phenolic OH excluding ortho intramolecular Hbond substituents is 1. The van der Waals surface area contributed by atoms with Crippen molar-refractivity contribution in [2.45, 2.75) is 31.9 Å². The van der Waals surface area contributed by atoms with Gasteiger partial charge >= 0.3 is 0 Å². The van der Waals surface area contributed by atoms with Crippen LogP contribution in [0.25, 0.3) is 0 Å². The van der Waals surface area contributed by atoms with Gasteiger partial charge in [0.1, 0.15) is 5.75 Å². The number of aromatic hydroxyl groups is 1. The molecular formula is C14H21NO3. The fourth-order valence-electron chi connectivity index (χ4n) is 2.22. The van der Waals surface area contributed by atoms with E-state index in [4.69, 9.17) is 4.74 Å². The van der Waals surface area contributed by atoms with Crippen molar-refractivity contribution in [3.05, 3.63) is 29.3 Å². The summed E-state index contributed by atoms with van der Waals surface area (Å²) in [5, 5.41) is 23.4. The number of aliphatic hydroxyl groups is 1. The van der Waals surface area contributed by atoms with Gasteiger partial charge in [-0.05, 0) is 12.5 Å². The van der Waals surface area contributed by atoms with Crippen LogP contribution in [0, 0.1) is 6.92 Å². The third-order valence-electron chi connectivity index (χ3n) is 3.51. The van der Waals surface area contributed by atoms with Crippen LogP contribution in [-0.2, 0) is 11.3 Å². The molecule has 1 aliphatic rings. The number of aryl methyl sites for hydroxylation is 1. The largest absolute Gasteiger partial charge is 0.507 e. The summed E-state index contributed by atoms with van der Waals surface area (Å²) in [4.78, 5) is 0. The minimum Gasteiger partial charge on any atom is -0.507 e. The monoisotopic (exact) mass is 251 g/mol. The molecule has 1 aliphatic heterocycles. The van der Waals surface area contributed by atoms with Crippen molar-refractivity contribution in [3.63, 3.8) is 0 Å². The van der Waals surface area contributed by atoms with Crippen LogP contribution in [0.2, 0.25) is 0 Å². The summed E-state index contributed by atoms with van der Waals surface area (Å²) in [7, 11) is 0. The van der Waals surface area contributed by atoms with Gasteiger partial charge in [-0.2, -0.15) is 0 Å². The lowest BCUT2D eigenvalue weighted by Crippen LogP contribution is -2.44. The highest BCUT2D eigenvalue weighted by molar-refractivity contribution is 5.39. The van der Waals surface area contributed by atoms with E-state index in [1.807, 2.05) is 25.1 Å². The first-order valence-electron chi connectivity index (χ1n) is 6.39. The number of rotatable bonds is 4. The average Bonchev–Trinajstić information content (AvgIpc) is 2.35.